The van der Waals surface area contributed by atoms with Crippen LogP contribution in [0.25, 0.3) is 0 Å². The summed E-state index contributed by atoms with van der Waals surface area (Å²) in [6, 6.07) is 17.4. The smallest absolute Gasteiger partial charge is 0.287 e. The highest BCUT2D eigenvalue weighted by atomic mass is 35.5. The number of rotatable bonds is 5. The zero-order chi connectivity index (χ0) is 16.1. The van der Waals surface area contributed by atoms with Gasteiger partial charge in [-0.25, -0.2) is 4.98 Å². The van der Waals surface area contributed by atoms with Crippen LogP contribution >= 0.6 is 11.6 Å². The van der Waals surface area contributed by atoms with Crippen molar-refractivity contribution in [2.24, 2.45) is 0 Å². The average molecular weight is 326 g/mol. The van der Waals surface area contributed by atoms with Crippen LogP contribution < -0.4 is 5.32 Å². The summed E-state index contributed by atoms with van der Waals surface area (Å²) in [4.78, 5) is 16.5. The van der Waals surface area contributed by atoms with Gasteiger partial charge in [-0.1, -0.05) is 54.1 Å². The van der Waals surface area contributed by atoms with Crippen LogP contribution in [0.5, 0.6) is 0 Å². The molecule has 0 saturated heterocycles. The van der Waals surface area contributed by atoms with E-state index in [2.05, 4.69) is 10.3 Å². The van der Waals surface area contributed by atoms with Crippen LogP contribution in [-0.4, -0.2) is 15.5 Å². The minimum atomic E-state index is -0.203. The standard InChI is InChI=1S/C18H16ClN3O/c19-16-8-4-7-15(11-16)12-21-18(23)17-20-9-10-22(17)13-14-5-2-1-3-6-14/h1-11H,12-13H2,(H,21,23). The zero-order valence-corrected chi connectivity index (χ0v) is 13.2. The Morgan fingerprint density at radius 1 is 1.09 bits per heavy atom. The Balaban J connectivity index is 1.67. The van der Waals surface area contributed by atoms with E-state index in [1.54, 1.807) is 18.5 Å². The van der Waals surface area contributed by atoms with Crippen LogP contribution in [0.3, 0.4) is 0 Å². The van der Waals surface area contributed by atoms with Gasteiger partial charge < -0.3 is 9.88 Å². The summed E-state index contributed by atoms with van der Waals surface area (Å²) in [5.74, 6) is 0.196. The van der Waals surface area contributed by atoms with Crippen LogP contribution in [0.15, 0.2) is 67.0 Å². The molecule has 0 spiro atoms. The number of halogens is 1. The summed E-state index contributed by atoms with van der Waals surface area (Å²) in [5.41, 5.74) is 2.07. The number of carbonyl (C=O) groups is 1. The van der Waals surface area contributed by atoms with Gasteiger partial charge in [0.2, 0.25) is 0 Å². The molecular weight excluding hydrogens is 310 g/mol. The van der Waals surface area contributed by atoms with Crippen LogP contribution in [-0.2, 0) is 13.1 Å². The Kier molecular flexibility index (Phi) is 4.74. The number of nitrogens with one attached hydrogen (secondary N) is 1. The molecule has 0 atom stereocenters. The summed E-state index contributed by atoms with van der Waals surface area (Å²) in [7, 11) is 0. The van der Waals surface area contributed by atoms with Crippen molar-refractivity contribution >= 4 is 17.5 Å². The van der Waals surface area contributed by atoms with Gasteiger partial charge in [0.15, 0.2) is 5.82 Å². The van der Waals surface area contributed by atoms with E-state index in [4.69, 9.17) is 11.6 Å². The van der Waals surface area contributed by atoms with E-state index in [0.717, 1.165) is 11.1 Å². The number of nitrogens with zero attached hydrogens (tertiary/aromatic N) is 2. The molecule has 1 aromatic heterocycles. The average Bonchev–Trinajstić information content (AvgIpc) is 3.02. The highest BCUT2D eigenvalue weighted by Crippen LogP contribution is 2.11. The summed E-state index contributed by atoms with van der Waals surface area (Å²) < 4.78 is 1.84. The molecule has 116 valence electrons. The van der Waals surface area contributed by atoms with Crippen molar-refractivity contribution in [3.8, 4) is 0 Å². The SMILES string of the molecule is O=C(NCc1cccc(Cl)c1)c1nccn1Cc1ccccc1. The van der Waals surface area contributed by atoms with Gasteiger partial charge >= 0.3 is 0 Å². The number of hydrogen-bond acceptors (Lipinski definition) is 2. The highest BCUT2D eigenvalue weighted by Gasteiger charge is 2.12. The molecular formula is C18H16ClN3O. The minimum absolute atomic E-state index is 0.203. The van der Waals surface area contributed by atoms with Gasteiger partial charge in [-0.15, -0.1) is 0 Å². The molecule has 4 nitrogen and oxygen atoms in total. The third kappa shape index (κ3) is 3.99. The van der Waals surface area contributed by atoms with E-state index in [9.17, 15) is 4.79 Å². The molecule has 0 unspecified atom stereocenters. The van der Waals surface area contributed by atoms with Gasteiger partial charge in [0, 0.05) is 30.5 Å². The van der Waals surface area contributed by atoms with Crippen LogP contribution in [0.1, 0.15) is 21.7 Å². The minimum Gasteiger partial charge on any atom is -0.345 e. The molecule has 3 aromatic rings. The lowest BCUT2D eigenvalue weighted by Gasteiger charge is -2.09. The first-order valence-electron chi connectivity index (χ1n) is 7.30. The van der Waals surface area contributed by atoms with Gasteiger partial charge in [0.25, 0.3) is 5.91 Å². The van der Waals surface area contributed by atoms with E-state index in [1.165, 1.54) is 0 Å². The number of amides is 1. The van der Waals surface area contributed by atoms with E-state index in [1.807, 2.05) is 53.1 Å². The van der Waals surface area contributed by atoms with Crippen molar-refractivity contribution in [2.75, 3.05) is 0 Å². The number of hydrogen-bond donors (Lipinski definition) is 1. The highest BCUT2D eigenvalue weighted by molar-refractivity contribution is 6.30. The second-order valence-corrected chi connectivity index (χ2v) is 5.61. The molecule has 5 heteroatoms. The molecule has 0 radical (unpaired) electrons. The largest absolute Gasteiger partial charge is 0.345 e. The Morgan fingerprint density at radius 3 is 2.65 bits per heavy atom. The fourth-order valence-electron chi connectivity index (χ4n) is 2.33. The first-order chi connectivity index (χ1) is 11.2. The predicted octanol–water partition coefficient (Wildman–Crippen LogP) is 3.51. The summed E-state index contributed by atoms with van der Waals surface area (Å²) in [6.45, 7) is 1.03. The lowest BCUT2D eigenvalue weighted by molar-refractivity contribution is 0.0936. The van der Waals surface area contributed by atoms with Crippen molar-refractivity contribution in [3.63, 3.8) is 0 Å². The van der Waals surface area contributed by atoms with Crippen molar-refractivity contribution in [1.82, 2.24) is 14.9 Å². The van der Waals surface area contributed by atoms with Crippen LogP contribution in [0.4, 0.5) is 0 Å². The topological polar surface area (TPSA) is 46.9 Å². The van der Waals surface area contributed by atoms with Gasteiger partial charge in [0.1, 0.15) is 0 Å². The molecule has 0 aliphatic rings. The summed E-state index contributed by atoms with van der Waals surface area (Å²) in [6.07, 6.45) is 3.44. The molecule has 1 N–H and O–H groups in total. The summed E-state index contributed by atoms with van der Waals surface area (Å²) >= 11 is 5.95. The van der Waals surface area contributed by atoms with Gasteiger partial charge in [-0.2, -0.15) is 0 Å². The molecule has 0 aliphatic carbocycles. The van der Waals surface area contributed by atoms with Crippen molar-refractivity contribution in [1.29, 1.82) is 0 Å². The van der Waals surface area contributed by atoms with Gasteiger partial charge in [-0.05, 0) is 23.3 Å². The number of imidazole rings is 1. The van der Waals surface area contributed by atoms with Gasteiger partial charge in [-0.3, -0.25) is 4.79 Å². The maximum atomic E-state index is 12.3. The molecule has 23 heavy (non-hydrogen) atoms. The molecule has 1 heterocycles. The monoisotopic (exact) mass is 325 g/mol. The fourth-order valence-corrected chi connectivity index (χ4v) is 2.55. The van der Waals surface area contributed by atoms with E-state index in [0.29, 0.717) is 23.9 Å². The number of carbonyl (C=O) groups excluding carboxylic acids is 1. The molecule has 1 amide bonds. The first kappa shape index (κ1) is 15.3. The van der Waals surface area contributed by atoms with E-state index >= 15 is 0 Å². The Labute approximate surface area is 139 Å². The normalized spacial score (nSPS) is 10.5. The van der Waals surface area contributed by atoms with Crippen LogP contribution in [0.2, 0.25) is 5.02 Å². The Morgan fingerprint density at radius 2 is 1.87 bits per heavy atom. The second-order valence-electron chi connectivity index (χ2n) is 5.18. The molecule has 0 bridgehead atoms. The lowest BCUT2D eigenvalue weighted by Crippen LogP contribution is -2.26. The maximum absolute atomic E-state index is 12.3. The lowest BCUT2D eigenvalue weighted by atomic mass is 10.2. The Hall–Kier alpha value is -2.59. The third-order valence-corrected chi connectivity index (χ3v) is 3.69. The fraction of sp³-hybridized carbons (Fsp3) is 0.111. The number of aromatic nitrogens is 2. The molecule has 3 rings (SSSR count). The quantitative estimate of drug-likeness (QED) is 0.780. The molecule has 0 fully saturated rings. The Bertz CT molecular complexity index is 799. The molecule has 0 saturated carbocycles. The van der Waals surface area contributed by atoms with Crippen LogP contribution in [0, 0.1) is 0 Å². The number of benzene rings is 2. The van der Waals surface area contributed by atoms with Crippen molar-refractivity contribution < 1.29 is 4.79 Å². The summed E-state index contributed by atoms with van der Waals surface area (Å²) in [5, 5.41) is 3.53. The molecule has 0 aliphatic heterocycles. The first-order valence-corrected chi connectivity index (χ1v) is 7.68. The molecule has 2 aromatic carbocycles. The third-order valence-electron chi connectivity index (χ3n) is 3.46. The van der Waals surface area contributed by atoms with E-state index < -0.39 is 0 Å². The van der Waals surface area contributed by atoms with Crippen molar-refractivity contribution in [2.45, 2.75) is 13.1 Å². The van der Waals surface area contributed by atoms with E-state index in [-0.39, 0.29) is 5.91 Å². The second kappa shape index (κ2) is 7.11. The maximum Gasteiger partial charge on any atom is 0.287 e. The van der Waals surface area contributed by atoms with Crippen molar-refractivity contribution in [3.05, 3.63) is 89.0 Å². The zero-order valence-electron chi connectivity index (χ0n) is 12.4. The predicted molar refractivity (Wildman–Crippen MR) is 90.4 cm³/mol. The van der Waals surface area contributed by atoms with Gasteiger partial charge in [0.05, 0.1) is 0 Å².